The Labute approximate surface area is 283 Å². The Morgan fingerprint density at radius 3 is 1.18 bits per heavy atom. The van der Waals surface area contributed by atoms with Gasteiger partial charge in [-0.3, -0.25) is 9.13 Å². The van der Waals surface area contributed by atoms with Crippen LogP contribution in [0.3, 0.4) is 0 Å². The molecule has 4 aromatic carbocycles. The van der Waals surface area contributed by atoms with Crippen molar-refractivity contribution in [2.75, 3.05) is 0 Å². The molecule has 0 saturated carbocycles. The second-order valence-corrected chi connectivity index (χ2v) is 8.60. The Morgan fingerprint density at radius 1 is 0.375 bits per heavy atom. The van der Waals surface area contributed by atoms with E-state index in [1.165, 1.54) is 0 Å². The van der Waals surface area contributed by atoms with E-state index in [9.17, 15) is 0 Å². The van der Waals surface area contributed by atoms with Gasteiger partial charge < -0.3 is 37.2 Å². The van der Waals surface area contributed by atoms with Gasteiger partial charge in [-0.25, -0.2) is 15.0 Å². The maximum absolute atomic E-state index is 5.11. The van der Waals surface area contributed by atoms with Gasteiger partial charge in [-0.05, 0) is 60.7 Å². The molecule has 9 heteroatoms. The maximum Gasteiger partial charge on any atom is 3.00 e. The number of rotatable bonds is 4. The number of aromatic nitrogens is 5. The van der Waals surface area contributed by atoms with Crippen LogP contribution in [0.1, 0.15) is 0 Å². The summed E-state index contributed by atoms with van der Waals surface area (Å²) in [6, 6.07) is 43.0. The van der Waals surface area contributed by atoms with E-state index in [4.69, 9.17) is 15.0 Å². The van der Waals surface area contributed by atoms with Crippen LogP contribution >= 0.6 is 0 Å². The molecular weight excluding hydrogens is 693 g/mol. The standard InChI is InChI=1S/C31H21N5.3ClH.Nd/c1-3-12-22(13-4-1)35-28-20-9-7-16-24(28)33-30(35)26-18-11-19-27(32-26)31-34-25-17-8-10-21-29(25)36(31)23-14-5-2-6-15-23;;;;/h1-21H;3*1H;/q;;;;+3/p-3. The summed E-state index contributed by atoms with van der Waals surface area (Å²) in [4.78, 5) is 15.1. The number of fused-ring (bicyclic) bond motifs is 2. The number of imidazole rings is 2. The summed E-state index contributed by atoms with van der Waals surface area (Å²) < 4.78 is 4.34. The molecule has 0 aliphatic rings. The van der Waals surface area contributed by atoms with Crippen molar-refractivity contribution in [1.29, 1.82) is 0 Å². The molecule has 5 nitrogen and oxygen atoms in total. The number of para-hydroxylation sites is 6. The third-order valence-electron chi connectivity index (χ3n) is 6.36. The monoisotopic (exact) mass is 710 g/mol. The van der Waals surface area contributed by atoms with Crippen molar-refractivity contribution in [3.8, 4) is 34.4 Å². The van der Waals surface area contributed by atoms with Crippen molar-refractivity contribution in [3.63, 3.8) is 0 Å². The van der Waals surface area contributed by atoms with E-state index < -0.39 is 0 Å². The van der Waals surface area contributed by atoms with Gasteiger partial charge in [0.05, 0.1) is 22.1 Å². The SMILES string of the molecule is [Cl-].[Cl-].[Cl-].[Nd+3].c1ccc(-n2c(-c3cccc(-c4nc5ccccc5n4-c4ccccc4)n3)nc3ccccc32)cc1. The van der Waals surface area contributed by atoms with E-state index in [0.717, 1.165) is 56.5 Å². The van der Waals surface area contributed by atoms with Crippen molar-refractivity contribution >= 4 is 22.1 Å². The average molecular weight is 714 g/mol. The van der Waals surface area contributed by atoms with Gasteiger partial charge >= 0.3 is 40.8 Å². The first-order valence-electron chi connectivity index (χ1n) is 11.9. The first-order valence-corrected chi connectivity index (χ1v) is 11.9. The van der Waals surface area contributed by atoms with Crippen LogP contribution in [0.2, 0.25) is 0 Å². The number of hydrogen-bond donors (Lipinski definition) is 0. The number of benzene rings is 4. The summed E-state index contributed by atoms with van der Waals surface area (Å²) in [5.41, 5.74) is 7.62. The topological polar surface area (TPSA) is 48.5 Å². The number of nitrogens with zero attached hydrogens (tertiary/aromatic N) is 5. The van der Waals surface area contributed by atoms with Gasteiger partial charge in [-0.1, -0.05) is 66.7 Å². The summed E-state index contributed by atoms with van der Waals surface area (Å²) >= 11 is 0. The van der Waals surface area contributed by atoms with Gasteiger partial charge in [0.1, 0.15) is 11.4 Å². The van der Waals surface area contributed by atoms with Crippen molar-refractivity contribution in [2.45, 2.75) is 0 Å². The Balaban J connectivity index is 0.00000110. The van der Waals surface area contributed by atoms with E-state index in [1.54, 1.807) is 0 Å². The average Bonchev–Trinajstić information content (AvgIpc) is 3.53. The van der Waals surface area contributed by atoms with Crippen LogP contribution in [0.4, 0.5) is 0 Å². The molecule has 0 aliphatic carbocycles. The number of halogens is 3. The first-order chi connectivity index (χ1) is 17.9. The molecule has 195 valence electrons. The third kappa shape index (κ3) is 5.67. The van der Waals surface area contributed by atoms with Crippen LogP contribution in [0.15, 0.2) is 127 Å². The van der Waals surface area contributed by atoms with E-state index >= 15 is 0 Å². The molecule has 40 heavy (non-hydrogen) atoms. The molecule has 0 bridgehead atoms. The van der Waals surface area contributed by atoms with Crippen LogP contribution in [0.25, 0.3) is 56.5 Å². The van der Waals surface area contributed by atoms with Gasteiger partial charge in [0.25, 0.3) is 0 Å². The molecule has 0 atom stereocenters. The van der Waals surface area contributed by atoms with E-state index in [0.29, 0.717) is 0 Å². The molecule has 0 saturated heterocycles. The van der Waals surface area contributed by atoms with E-state index in [-0.39, 0.29) is 78.1 Å². The molecule has 0 N–H and O–H groups in total. The van der Waals surface area contributed by atoms with E-state index in [1.807, 2.05) is 91.0 Å². The largest absolute Gasteiger partial charge is 3.00 e. The Hall–Kier alpha value is -2.81. The first kappa shape index (κ1) is 31.7. The van der Waals surface area contributed by atoms with Gasteiger partial charge in [-0.15, -0.1) is 0 Å². The molecule has 0 amide bonds. The maximum atomic E-state index is 5.11. The molecule has 7 aromatic rings. The van der Waals surface area contributed by atoms with Gasteiger partial charge in [-0.2, -0.15) is 0 Å². The summed E-state index contributed by atoms with van der Waals surface area (Å²) in [6.07, 6.45) is 0. The van der Waals surface area contributed by atoms with Gasteiger partial charge in [0, 0.05) is 11.4 Å². The number of hydrogen-bond acceptors (Lipinski definition) is 3. The van der Waals surface area contributed by atoms with Gasteiger partial charge in [0.15, 0.2) is 11.6 Å². The van der Waals surface area contributed by atoms with Crippen molar-refractivity contribution in [3.05, 3.63) is 127 Å². The summed E-state index contributed by atoms with van der Waals surface area (Å²) in [5, 5.41) is 0. The summed E-state index contributed by atoms with van der Waals surface area (Å²) in [6.45, 7) is 0. The fourth-order valence-corrected chi connectivity index (χ4v) is 4.76. The predicted octanol–water partition coefficient (Wildman–Crippen LogP) is -1.89. The summed E-state index contributed by atoms with van der Waals surface area (Å²) in [7, 11) is 0. The molecule has 3 aromatic heterocycles. The van der Waals surface area contributed by atoms with Crippen molar-refractivity contribution < 1.29 is 78.1 Å². The van der Waals surface area contributed by atoms with Crippen LogP contribution in [-0.2, 0) is 0 Å². The van der Waals surface area contributed by atoms with Crippen LogP contribution < -0.4 is 37.2 Å². The zero-order chi connectivity index (χ0) is 23.9. The van der Waals surface area contributed by atoms with Crippen molar-refractivity contribution in [1.82, 2.24) is 24.1 Å². The summed E-state index contributed by atoms with van der Waals surface area (Å²) in [5.74, 6) is 1.60. The van der Waals surface area contributed by atoms with Crippen LogP contribution in [-0.4, -0.2) is 24.1 Å². The zero-order valence-electron chi connectivity index (χ0n) is 21.0. The second kappa shape index (κ2) is 13.7. The molecule has 0 spiro atoms. The quantitative estimate of drug-likeness (QED) is 0.215. The number of pyridine rings is 1. The zero-order valence-corrected chi connectivity index (χ0v) is 26.5. The predicted molar refractivity (Wildman–Crippen MR) is 144 cm³/mol. The molecule has 7 rings (SSSR count). The Kier molecular flexibility index (Phi) is 10.9. The minimum atomic E-state index is 0. The smallest absolute Gasteiger partial charge is 1.00 e. The molecule has 0 aliphatic heterocycles. The van der Waals surface area contributed by atoms with Crippen LogP contribution in [0, 0.1) is 40.8 Å². The normalized spacial score (nSPS) is 10.2. The minimum absolute atomic E-state index is 0. The third-order valence-corrected chi connectivity index (χ3v) is 6.36. The van der Waals surface area contributed by atoms with Gasteiger partial charge in [0.2, 0.25) is 0 Å². The fraction of sp³-hybridized carbons (Fsp3) is 0. The Morgan fingerprint density at radius 2 is 0.750 bits per heavy atom. The molecule has 3 heterocycles. The fourth-order valence-electron chi connectivity index (χ4n) is 4.76. The second-order valence-electron chi connectivity index (χ2n) is 8.60. The van der Waals surface area contributed by atoms with E-state index in [2.05, 4.69) is 45.5 Å². The molecule has 1 radical (unpaired) electrons. The molecule has 0 fully saturated rings. The molecule has 0 unspecified atom stereocenters. The molecular formula is C31H21Cl3N5Nd. The Bertz CT molecular complexity index is 1720. The minimum Gasteiger partial charge on any atom is -1.00 e. The van der Waals surface area contributed by atoms with Crippen LogP contribution in [0.5, 0.6) is 0 Å². The van der Waals surface area contributed by atoms with Crippen molar-refractivity contribution in [2.24, 2.45) is 0 Å².